The number of rotatable bonds is 3. The molecule has 0 aliphatic rings. The molecule has 0 spiro atoms. The predicted octanol–water partition coefficient (Wildman–Crippen LogP) is 3.72. The van der Waals surface area contributed by atoms with Gasteiger partial charge in [-0.25, -0.2) is 0 Å². The smallest absolute Gasteiger partial charge is 0.109 e. The second-order valence-electron chi connectivity index (χ2n) is 3.20. The van der Waals surface area contributed by atoms with Gasteiger partial charge < -0.3 is 5.11 Å². The van der Waals surface area contributed by atoms with Crippen LogP contribution in [-0.2, 0) is 0 Å². The lowest BCUT2D eigenvalue weighted by Gasteiger charge is -2.06. The molecule has 14 heavy (non-hydrogen) atoms. The topological polar surface area (TPSA) is 20.2 Å². The van der Waals surface area contributed by atoms with E-state index >= 15 is 0 Å². The molecule has 1 nitrogen and oxygen atoms in total. The Kier molecular flexibility index (Phi) is 3.29. The van der Waals surface area contributed by atoms with Crippen LogP contribution in [0, 0.1) is 0 Å². The highest BCUT2D eigenvalue weighted by molar-refractivity contribution is 5.79. The van der Waals surface area contributed by atoms with Crippen LogP contribution in [-0.4, -0.2) is 5.11 Å². The minimum Gasteiger partial charge on any atom is -0.509 e. The maximum absolute atomic E-state index is 9.12. The first-order chi connectivity index (χ1) is 6.61. The van der Waals surface area contributed by atoms with Crippen molar-refractivity contribution in [3.8, 4) is 0 Å². The summed E-state index contributed by atoms with van der Waals surface area (Å²) in [5.41, 5.74) is 2.86. The normalized spacial score (nSPS) is 11.1. The average molecular weight is 186 g/mol. The molecule has 72 valence electrons. The SMILES string of the molecule is C=C(O)/C=C(/C(=C)C)c1ccccc1. The molecule has 0 bridgehead atoms. The molecule has 0 atom stereocenters. The summed E-state index contributed by atoms with van der Waals surface area (Å²) in [6, 6.07) is 9.80. The first kappa shape index (κ1) is 10.3. The summed E-state index contributed by atoms with van der Waals surface area (Å²) in [6.07, 6.45) is 1.62. The van der Waals surface area contributed by atoms with E-state index in [1.165, 1.54) is 0 Å². The van der Waals surface area contributed by atoms with E-state index in [2.05, 4.69) is 13.2 Å². The van der Waals surface area contributed by atoms with E-state index < -0.39 is 0 Å². The van der Waals surface area contributed by atoms with Gasteiger partial charge in [0.05, 0.1) is 0 Å². The van der Waals surface area contributed by atoms with Crippen molar-refractivity contribution in [3.05, 3.63) is 66.5 Å². The highest BCUT2D eigenvalue weighted by Gasteiger charge is 2.01. The van der Waals surface area contributed by atoms with Gasteiger partial charge in [0.1, 0.15) is 5.76 Å². The molecule has 0 amide bonds. The lowest BCUT2D eigenvalue weighted by atomic mass is 9.99. The van der Waals surface area contributed by atoms with Crippen molar-refractivity contribution < 1.29 is 5.11 Å². The Labute approximate surface area is 84.7 Å². The first-order valence-corrected chi connectivity index (χ1v) is 4.42. The molecular formula is C13H14O. The highest BCUT2D eigenvalue weighted by atomic mass is 16.3. The van der Waals surface area contributed by atoms with E-state index in [-0.39, 0.29) is 5.76 Å². The van der Waals surface area contributed by atoms with Gasteiger partial charge in [-0.1, -0.05) is 49.1 Å². The van der Waals surface area contributed by atoms with Crippen LogP contribution in [0.1, 0.15) is 12.5 Å². The molecule has 1 N–H and O–H groups in total. The van der Waals surface area contributed by atoms with E-state index in [4.69, 9.17) is 5.11 Å². The Hall–Kier alpha value is -1.76. The van der Waals surface area contributed by atoms with Crippen molar-refractivity contribution in [1.29, 1.82) is 0 Å². The fraction of sp³-hybridized carbons (Fsp3) is 0.0769. The zero-order chi connectivity index (χ0) is 10.6. The zero-order valence-corrected chi connectivity index (χ0v) is 8.33. The third-order valence-corrected chi connectivity index (χ3v) is 1.86. The molecule has 0 radical (unpaired) electrons. The van der Waals surface area contributed by atoms with Gasteiger partial charge in [-0.2, -0.15) is 0 Å². The van der Waals surface area contributed by atoms with Gasteiger partial charge in [-0.3, -0.25) is 0 Å². The minimum absolute atomic E-state index is 0.0480. The lowest BCUT2D eigenvalue weighted by Crippen LogP contribution is -1.86. The molecule has 1 heteroatoms. The van der Waals surface area contributed by atoms with Gasteiger partial charge in [-0.15, -0.1) is 0 Å². The van der Waals surface area contributed by atoms with E-state index in [0.717, 1.165) is 16.7 Å². The van der Waals surface area contributed by atoms with Crippen molar-refractivity contribution in [2.45, 2.75) is 6.92 Å². The van der Waals surface area contributed by atoms with Crippen LogP contribution < -0.4 is 0 Å². The Morgan fingerprint density at radius 3 is 2.21 bits per heavy atom. The zero-order valence-electron chi connectivity index (χ0n) is 8.33. The fourth-order valence-electron chi connectivity index (χ4n) is 1.24. The Balaban J connectivity index is 3.14. The van der Waals surface area contributed by atoms with Crippen molar-refractivity contribution in [3.63, 3.8) is 0 Å². The summed E-state index contributed by atoms with van der Waals surface area (Å²) in [5.74, 6) is 0.0480. The van der Waals surface area contributed by atoms with Gasteiger partial charge in [0.25, 0.3) is 0 Å². The van der Waals surface area contributed by atoms with E-state index in [1.807, 2.05) is 37.3 Å². The van der Waals surface area contributed by atoms with Crippen LogP contribution in [0.25, 0.3) is 5.57 Å². The first-order valence-electron chi connectivity index (χ1n) is 4.42. The maximum atomic E-state index is 9.12. The molecular weight excluding hydrogens is 172 g/mol. The molecule has 0 saturated carbocycles. The molecule has 0 fully saturated rings. The maximum Gasteiger partial charge on any atom is 0.109 e. The number of benzene rings is 1. The minimum atomic E-state index is 0.0480. The van der Waals surface area contributed by atoms with Crippen LogP contribution in [0.2, 0.25) is 0 Å². The summed E-state index contributed by atoms with van der Waals surface area (Å²) in [4.78, 5) is 0. The van der Waals surface area contributed by atoms with E-state index in [9.17, 15) is 0 Å². The Bertz CT molecular complexity index is 371. The number of allylic oxidation sites excluding steroid dienone is 3. The molecule has 0 aliphatic carbocycles. The van der Waals surface area contributed by atoms with Gasteiger partial charge in [0.15, 0.2) is 0 Å². The molecule has 0 aromatic heterocycles. The summed E-state index contributed by atoms with van der Waals surface area (Å²) in [7, 11) is 0. The third kappa shape index (κ3) is 2.63. The van der Waals surface area contributed by atoms with Crippen LogP contribution >= 0.6 is 0 Å². The van der Waals surface area contributed by atoms with Crippen molar-refractivity contribution in [2.75, 3.05) is 0 Å². The predicted molar refractivity (Wildman–Crippen MR) is 61.0 cm³/mol. The van der Waals surface area contributed by atoms with Crippen LogP contribution in [0.4, 0.5) is 0 Å². The molecule has 0 unspecified atom stereocenters. The third-order valence-electron chi connectivity index (χ3n) is 1.86. The molecule has 0 heterocycles. The van der Waals surface area contributed by atoms with Crippen molar-refractivity contribution >= 4 is 5.57 Å². The fourth-order valence-corrected chi connectivity index (χ4v) is 1.24. The number of aliphatic hydroxyl groups excluding tert-OH is 1. The van der Waals surface area contributed by atoms with Crippen molar-refractivity contribution in [1.82, 2.24) is 0 Å². The monoisotopic (exact) mass is 186 g/mol. The largest absolute Gasteiger partial charge is 0.509 e. The van der Waals surface area contributed by atoms with Crippen molar-refractivity contribution in [2.24, 2.45) is 0 Å². The van der Waals surface area contributed by atoms with Crippen LogP contribution in [0.15, 0.2) is 60.9 Å². The number of hydrogen-bond donors (Lipinski definition) is 1. The average Bonchev–Trinajstić information content (AvgIpc) is 2.15. The van der Waals surface area contributed by atoms with Gasteiger partial charge in [0, 0.05) is 0 Å². The van der Waals surface area contributed by atoms with E-state index in [1.54, 1.807) is 6.08 Å². The Morgan fingerprint density at radius 2 is 1.79 bits per heavy atom. The van der Waals surface area contributed by atoms with E-state index in [0.29, 0.717) is 0 Å². The molecule has 0 aliphatic heterocycles. The van der Waals surface area contributed by atoms with Gasteiger partial charge in [0.2, 0.25) is 0 Å². The van der Waals surface area contributed by atoms with Gasteiger partial charge >= 0.3 is 0 Å². The summed E-state index contributed by atoms with van der Waals surface area (Å²) >= 11 is 0. The highest BCUT2D eigenvalue weighted by Crippen LogP contribution is 2.21. The lowest BCUT2D eigenvalue weighted by molar-refractivity contribution is 0.435. The summed E-state index contributed by atoms with van der Waals surface area (Å²) in [6.45, 7) is 9.21. The second kappa shape index (κ2) is 4.47. The van der Waals surface area contributed by atoms with Crippen LogP contribution in [0.3, 0.4) is 0 Å². The number of hydrogen-bond acceptors (Lipinski definition) is 1. The Morgan fingerprint density at radius 1 is 1.21 bits per heavy atom. The molecule has 0 saturated heterocycles. The molecule has 1 rings (SSSR count). The van der Waals surface area contributed by atoms with Crippen LogP contribution in [0.5, 0.6) is 0 Å². The standard InChI is InChI=1S/C13H14O/c1-10(2)13(9-11(3)14)12-7-5-4-6-8-12/h4-9,14H,1,3H2,2H3/b13-9-. The van der Waals surface area contributed by atoms with Gasteiger partial charge in [-0.05, 0) is 24.1 Å². The summed E-state index contributed by atoms with van der Waals surface area (Å²) in [5, 5.41) is 9.12. The molecule has 1 aromatic rings. The quantitative estimate of drug-likeness (QED) is 0.563. The summed E-state index contributed by atoms with van der Waals surface area (Å²) < 4.78 is 0. The molecule has 1 aromatic carbocycles. The number of aliphatic hydroxyl groups is 1. The second-order valence-corrected chi connectivity index (χ2v) is 3.20.